The molecule has 1 aromatic carbocycles. The standard InChI is InChI=1S/C34H50N8O4/c1-6-27-32(45-28-20-26-19-22(28)21-42(26)33(44)46-34(2,3)4)38-31(29(37-27)30(35)43)36-23-7-9-24(10-8-23)40-13-11-25(12-14-40)41-17-15-39(5)16-18-41/h7-10,22,25-26,28H,6,11-21H2,1-5H3,(H2,35,43)(H,36,38)/t22?,26-,28+/m0/s1. The Bertz CT molecular complexity index is 1400. The molecule has 4 fully saturated rings. The van der Waals surface area contributed by atoms with Gasteiger partial charge in [0.05, 0.1) is 0 Å². The maximum absolute atomic E-state index is 12.7. The highest BCUT2D eigenvalue weighted by Crippen LogP contribution is 2.41. The number of piperazine rings is 1. The second kappa shape index (κ2) is 13.2. The smallest absolute Gasteiger partial charge is 0.410 e. The van der Waals surface area contributed by atoms with Gasteiger partial charge in [-0.25, -0.2) is 9.78 Å². The maximum Gasteiger partial charge on any atom is 0.410 e. The normalized spacial score (nSPS) is 24.3. The monoisotopic (exact) mass is 634 g/mol. The predicted octanol–water partition coefficient (Wildman–Crippen LogP) is 3.87. The van der Waals surface area contributed by atoms with E-state index < -0.39 is 11.5 Å². The minimum absolute atomic E-state index is 0.0708. The number of ether oxygens (including phenoxy) is 2. The van der Waals surface area contributed by atoms with Gasteiger partial charge in [-0.2, -0.15) is 4.98 Å². The van der Waals surface area contributed by atoms with Crippen LogP contribution in [0, 0.1) is 5.92 Å². The van der Waals surface area contributed by atoms with Crippen molar-refractivity contribution in [2.75, 3.05) is 63.1 Å². The molecule has 0 spiro atoms. The van der Waals surface area contributed by atoms with Crippen molar-refractivity contribution in [3.63, 3.8) is 0 Å². The summed E-state index contributed by atoms with van der Waals surface area (Å²) >= 11 is 0. The van der Waals surface area contributed by atoms with Gasteiger partial charge in [0, 0.05) is 81.6 Å². The Kier molecular flexibility index (Phi) is 9.29. The summed E-state index contributed by atoms with van der Waals surface area (Å²) < 4.78 is 12.1. The molecule has 2 aromatic rings. The Morgan fingerprint density at radius 2 is 1.67 bits per heavy atom. The fourth-order valence-electron chi connectivity index (χ4n) is 7.35. The number of nitrogens with two attached hydrogens (primary N) is 1. The van der Waals surface area contributed by atoms with Crippen molar-refractivity contribution in [3.05, 3.63) is 35.7 Å². The number of aryl methyl sites for hydroxylation is 1. The summed E-state index contributed by atoms with van der Waals surface area (Å²) in [6, 6.07) is 8.97. The second-order valence-corrected chi connectivity index (χ2v) is 14.3. The van der Waals surface area contributed by atoms with E-state index in [2.05, 4.69) is 44.2 Å². The molecule has 3 atom stereocenters. The fourth-order valence-corrected chi connectivity index (χ4v) is 7.35. The lowest BCUT2D eigenvalue weighted by atomic mass is 10.0. The zero-order valence-corrected chi connectivity index (χ0v) is 28.0. The van der Waals surface area contributed by atoms with Crippen LogP contribution in [0.4, 0.5) is 22.0 Å². The number of nitrogens with one attached hydrogen (secondary N) is 1. The Hall–Kier alpha value is -3.64. The van der Waals surface area contributed by atoms with Crippen LogP contribution in [0.1, 0.15) is 69.6 Å². The van der Waals surface area contributed by atoms with Crippen molar-refractivity contribution in [2.45, 2.75) is 83.6 Å². The molecule has 2 bridgehead atoms. The Labute approximate surface area is 272 Å². The fraction of sp³-hybridized carbons (Fsp3) is 0.647. The van der Waals surface area contributed by atoms with Crippen LogP contribution in [0.5, 0.6) is 5.88 Å². The second-order valence-electron chi connectivity index (χ2n) is 14.3. The molecular formula is C34H50N8O4. The number of benzene rings is 1. The largest absolute Gasteiger partial charge is 0.473 e. The minimum Gasteiger partial charge on any atom is -0.473 e. The van der Waals surface area contributed by atoms with Crippen LogP contribution in [0.25, 0.3) is 0 Å². The van der Waals surface area contributed by atoms with E-state index in [9.17, 15) is 9.59 Å². The first-order chi connectivity index (χ1) is 22.0. The van der Waals surface area contributed by atoms with Crippen molar-refractivity contribution in [1.82, 2.24) is 24.7 Å². The first-order valence-electron chi connectivity index (χ1n) is 16.9. The summed E-state index contributed by atoms with van der Waals surface area (Å²) in [5, 5.41) is 3.28. The van der Waals surface area contributed by atoms with E-state index in [4.69, 9.17) is 20.2 Å². The summed E-state index contributed by atoms with van der Waals surface area (Å²) in [6.45, 7) is 14.9. The number of hydrogen-bond acceptors (Lipinski definition) is 10. The van der Waals surface area contributed by atoms with E-state index in [1.807, 2.05) is 44.7 Å². The first kappa shape index (κ1) is 32.3. The molecule has 12 nitrogen and oxygen atoms in total. The molecule has 3 saturated heterocycles. The lowest BCUT2D eigenvalue weighted by Crippen LogP contribution is -2.52. The molecule has 3 aliphatic heterocycles. The molecule has 0 radical (unpaired) electrons. The average molecular weight is 635 g/mol. The molecule has 1 saturated carbocycles. The van der Waals surface area contributed by atoms with E-state index in [0.29, 0.717) is 37.0 Å². The van der Waals surface area contributed by atoms with E-state index in [-0.39, 0.29) is 35.7 Å². The van der Waals surface area contributed by atoms with Gasteiger partial charge in [-0.3, -0.25) is 9.69 Å². The summed E-state index contributed by atoms with van der Waals surface area (Å²) in [5.41, 5.74) is 7.86. The van der Waals surface area contributed by atoms with E-state index in [1.165, 1.54) is 18.5 Å². The van der Waals surface area contributed by atoms with Gasteiger partial charge in [0.2, 0.25) is 5.88 Å². The number of likely N-dealkylation sites (N-methyl/N-ethyl adjacent to an activating group) is 1. The lowest BCUT2D eigenvalue weighted by Gasteiger charge is -2.42. The van der Waals surface area contributed by atoms with Gasteiger partial charge in [0.25, 0.3) is 5.91 Å². The van der Waals surface area contributed by atoms with Crippen molar-refractivity contribution >= 4 is 29.2 Å². The molecule has 6 rings (SSSR count). The zero-order valence-electron chi connectivity index (χ0n) is 28.0. The van der Waals surface area contributed by atoms with E-state index in [1.54, 1.807) is 0 Å². The Morgan fingerprint density at radius 3 is 2.26 bits per heavy atom. The highest BCUT2D eigenvalue weighted by atomic mass is 16.6. The van der Waals surface area contributed by atoms with Crippen LogP contribution in [-0.2, 0) is 11.2 Å². The number of rotatable bonds is 8. The molecule has 1 unspecified atom stereocenters. The molecule has 1 aliphatic carbocycles. The van der Waals surface area contributed by atoms with Crippen LogP contribution >= 0.6 is 0 Å². The highest BCUT2D eigenvalue weighted by Gasteiger charge is 2.49. The van der Waals surface area contributed by atoms with Crippen LogP contribution in [0.3, 0.4) is 0 Å². The number of hydrogen-bond donors (Lipinski definition) is 2. The number of piperidine rings is 2. The van der Waals surface area contributed by atoms with Gasteiger partial charge in [0.15, 0.2) is 11.5 Å². The molecule has 4 aliphatic rings. The first-order valence-corrected chi connectivity index (χ1v) is 16.9. The summed E-state index contributed by atoms with van der Waals surface area (Å²) in [6.07, 6.45) is 4.08. The number of amides is 2. The van der Waals surface area contributed by atoms with Gasteiger partial charge in [-0.15, -0.1) is 0 Å². The third-order valence-electron chi connectivity index (χ3n) is 9.88. The number of nitrogens with zero attached hydrogens (tertiary/aromatic N) is 6. The van der Waals surface area contributed by atoms with Crippen molar-refractivity contribution in [2.24, 2.45) is 11.7 Å². The van der Waals surface area contributed by atoms with Crippen molar-refractivity contribution in [1.29, 1.82) is 0 Å². The minimum atomic E-state index is -0.649. The van der Waals surface area contributed by atoms with Crippen LogP contribution in [0.2, 0.25) is 0 Å². The van der Waals surface area contributed by atoms with Crippen molar-refractivity contribution < 1.29 is 19.1 Å². The molecule has 2 amide bonds. The summed E-state index contributed by atoms with van der Waals surface area (Å²) in [7, 11) is 2.20. The summed E-state index contributed by atoms with van der Waals surface area (Å²) in [5.74, 6) is 0.203. The molecule has 46 heavy (non-hydrogen) atoms. The van der Waals surface area contributed by atoms with E-state index >= 15 is 0 Å². The zero-order chi connectivity index (χ0) is 32.6. The third kappa shape index (κ3) is 7.17. The number of anilines is 3. The highest BCUT2D eigenvalue weighted by molar-refractivity contribution is 5.96. The average Bonchev–Trinajstić information content (AvgIpc) is 3.62. The van der Waals surface area contributed by atoms with Gasteiger partial charge < -0.3 is 35.2 Å². The Balaban J connectivity index is 1.10. The number of carbonyl (C=O) groups is 2. The van der Waals surface area contributed by atoms with Crippen LogP contribution in [-0.4, -0.2) is 113 Å². The molecule has 4 heterocycles. The van der Waals surface area contributed by atoms with Crippen LogP contribution in [0.15, 0.2) is 24.3 Å². The number of carbonyl (C=O) groups excluding carboxylic acids is 2. The van der Waals surface area contributed by atoms with Gasteiger partial charge in [0.1, 0.15) is 17.4 Å². The van der Waals surface area contributed by atoms with Gasteiger partial charge in [-0.05, 0) is 77.8 Å². The Morgan fingerprint density at radius 1 is 0.978 bits per heavy atom. The SMILES string of the molecule is CCc1nc(C(N)=O)c(Nc2ccc(N3CCC(N4CCN(C)CC4)CC3)cc2)nc1O[C@@H]1C[C@@H]2CC1CN2C(=O)OC(C)(C)C. The molecule has 250 valence electrons. The van der Waals surface area contributed by atoms with E-state index in [0.717, 1.165) is 51.4 Å². The molecule has 12 heteroatoms. The quantitative estimate of drug-likeness (QED) is 0.442. The number of aromatic nitrogens is 2. The van der Waals surface area contributed by atoms with Gasteiger partial charge >= 0.3 is 6.09 Å². The number of likely N-dealkylation sites (tertiary alicyclic amines) is 1. The predicted molar refractivity (Wildman–Crippen MR) is 178 cm³/mol. The maximum atomic E-state index is 12.7. The number of primary amides is 1. The molecule has 1 aromatic heterocycles. The third-order valence-corrected chi connectivity index (χ3v) is 9.88. The summed E-state index contributed by atoms with van der Waals surface area (Å²) in [4.78, 5) is 43.8. The number of fused-ring (bicyclic) bond motifs is 2. The molecule has 3 N–H and O–H groups in total. The van der Waals surface area contributed by atoms with Crippen molar-refractivity contribution in [3.8, 4) is 5.88 Å². The topological polar surface area (TPSA) is 129 Å². The molecular weight excluding hydrogens is 584 g/mol. The van der Waals surface area contributed by atoms with Crippen LogP contribution < -0.4 is 20.7 Å². The lowest BCUT2D eigenvalue weighted by molar-refractivity contribution is 0.0100. The van der Waals surface area contributed by atoms with Gasteiger partial charge in [-0.1, -0.05) is 6.92 Å².